The van der Waals surface area contributed by atoms with Gasteiger partial charge in [-0.1, -0.05) is 6.07 Å². The molecule has 0 aliphatic heterocycles. The molecule has 1 N–H and O–H groups in total. The van der Waals surface area contributed by atoms with Crippen molar-refractivity contribution in [1.29, 1.82) is 0 Å². The van der Waals surface area contributed by atoms with Crippen LogP contribution in [0.25, 0.3) is 6.08 Å². The Balaban J connectivity index is 2.84. The fourth-order valence-corrected chi connectivity index (χ4v) is 1.42. The molecule has 1 rings (SSSR count). The minimum Gasteiger partial charge on any atom is -0.490 e. The number of carbonyl (C=O) groups is 1. The largest absolute Gasteiger partial charge is 0.490 e. The Morgan fingerprint density at radius 2 is 2.05 bits per heavy atom. The zero-order valence-electron chi connectivity index (χ0n) is 11.1. The number of aliphatic carboxylic acids is 1. The van der Waals surface area contributed by atoms with Crippen molar-refractivity contribution < 1.29 is 24.1 Å². The minimum atomic E-state index is -0.988. The zero-order valence-corrected chi connectivity index (χ0v) is 11.1. The molecule has 0 fully saturated rings. The van der Waals surface area contributed by atoms with E-state index in [4.69, 9.17) is 19.3 Å². The van der Waals surface area contributed by atoms with Gasteiger partial charge in [0, 0.05) is 13.2 Å². The number of rotatable bonds is 8. The Hall–Kier alpha value is -2.01. The molecule has 0 amide bonds. The van der Waals surface area contributed by atoms with Gasteiger partial charge in [0.2, 0.25) is 0 Å². The summed E-state index contributed by atoms with van der Waals surface area (Å²) in [6.07, 6.45) is 2.58. The van der Waals surface area contributed by atoms with Gasteiger partial charge < -0.3 is 19.3 Å². The highest BCUT2D eigenvalue weighted by Gasteiger charge is 2.05. The summed E-state index contributed by atoms with van der Waals surface area (Å²) < 4.78 is 15.9. The Morgan fingerprint density at radius 1 is 1.26 bits per heavy atom. The summed E-state index contributed by atoms with van der Waals surface area (Å²) in [5.74, 6) is 0.218. The molecule has 0 saturated heterocycles. The molecule has 1 aromatic carbocycles. The SMILES string of the molecule is CCOc1cc(/C=C/C(=O)O)ccc1OCCOC. The number of methoxy groups -OCH3 is 1. The first-order valence-corrected chi connectivity index (χ1v) is 5.97. The lowest BCUT2D eigenvalue weighted by Crippen LogP contribution is -2.06. The van der Waals surface area contributed by atoms with Crippen LogP contribution in [0.15, 0.2) is 24.3 Å². The predicted molar refractivity (Wildman–Crippen MR) is 71.7 cm³/mol. The molecule has 0 aliphatic carbocycles. The van der Waals surface area contributed by atoms with Crippen molar-refractivity contribution in [3.63, 3.8) is 0 Å². The molecule has 0 unspecified atom stereocenters. The highest BCUT2D eigenvalue weighted by Crippen LogP contribution is 2.29. The number of ether oxygens (including phenoxy) is 3. The smallest absolute Gasteiger partial charge is 0.328 e. The van der Waals surface area contributed by atoms with Gasteiger partial charge in [0.25, 0.3) is 0 Å². The Labute approximate surface area is 112 Å². The second-order valence-corrected chi connectivity index (χ2v) is 3.65. The summed E-state index contributed by atoms with van der Waals surface area (Å²) in [4.78, 5) is 10.5. The summed E-state index contributed by atoms with van der Waals surface area (Å²) in [6, 6.07) is 5.26. The average Bonchev–Trinajstić information content (AvgIpc) is 2.39. The lowest BCUT2D eigenvalue weighted by atomic mass is 10.2. The van der Waals surface area contributed by atoms with E-state index in [2.05, 4.69) is 0 Å². The molecule has 0 atom stereocenters. The normalized spacial score (nSPS) is 10.6. The van der Waals surface area contributed by atoms with E-state index in [0.29, 0.717) is 31.3 Å². The summed E-state index contributed by atoms with van der Waals surface area (Å²) in [5, 5.41) is 8.59. The molecular formula is C14H18O5. The maximum Gasteiger partial charge on any atom is 0.328 e. The van der Waals surface area contributed by atoms with Gasteiger partial charge in [0.1, 0.15) is 6.61 Å². The predicted octanol–water partition coefficient (Wildman–Crippen LogP) is 2.21. The van der Waals surface area contributed by atoms with Gasteiger partial charge in [-0.2, -0.15) is 0 Å². The molecule has 0 aliphatic rings. The molecule has 1 aromatic rings. The Kier molecular flexibility index (Phi) is 6.46. The molecular weight excluding hydrogens is 248 g/mol. The topological polar surface area (TPSA) is 65.0 Å². The van der Waals surface area contributed by atoms with Gasteiger partial charge in [-0.05, 0) is 30.7 Å². The average molecular weight is 266 g/mol. The lowest BCUT2D eigenvalue weighted by molar-refractivity contribution is -0.131. The van der Waals surface area contributed by atoms with Crippen LogP contribution in [-0.4, -0.2) is 38.0 Å². The highest BCUT2D eigenvalue weighted by atomic mass is 16.5. The van der Waals surface area contributed by atoms with E-state index < -0.39 is 5.97 Å². The first kappa shape index (κ1) is 15.0. The monoisotopic (exact) mass is 266 g/mol. The third-order valence-corrected chi connectivity index (χ3v) is 2.23. The third kappa shape index (κ3) is 5.44. The maximum absolute atomic E-state index is 10.5. The standard InChI is InChI=1S/C14H18O5/c1-3-18-13-10-11(5-7-14(15)16)4-6-12(13)19-9-8-17-2/h4-7,10H,3,8-9H2,1-2H3,(H,15,16)/b7-5+. The number of carboxylic acid groups (broad SMARTS) is 1. The van der Waals surface area contributed by atoms with Gasteiger partial charge in [0.15, 0.2) is 11.5 Å². The summed E-state index contributed by atoms with van der Waals surface area (Å²) in [5.41, 5.74) is 0.741. The van der Waals surface area contributed by atoms with Crippen LogP contribution in [0.4, 0.5) is 0 Å². The van der Waals surface area contributed by atoms with Crippen molar-refractivity contribution in [2.45, 2.75) is 6.92 Å². The van der Waals surface area contributed by atoms with Gasteiger partial charge in [-0.25, -0.2) is 4.79 Å². The van der Waals surface area contributed by atoms with Crippen LogP contribution in [0.1, 0.15) is 12.5 Å². The molecule has 0 saturated carbocycles. The van der Waals surface area contributed by atoms with Crippen molar-refractivity contribution in [3.8, 4) is 11.5 Å². The zero-order chi connectivity index (χ0) is 14.1. The van der Waals surface area contributed by atoms with Gasteiger partial charge in [0.05, 0.1) is 13.2 Å². The lowest BCUT2D eigenvalue weighted by Gasteiger charge is -2.12. The fourth-order valence-electron chi connectivity index (χ4n) is 1.42. The molecule has 0 spiro atoms. The first-order chi connectivity index (χ1) is 9.17. The quantitative estimate of drug-likeness (QED) is 0.577. The van der Waals surface area contributed by atoms with Crippen LogP contribution >= 0.6 is 0 Å². The van der Waals surface area contributed by atoms with Crippen molar-refractivity contribution >= 4 is 12.0 Å². The number of hydrogen-bond donors (Lipinski definition) is 1. The summed E-state index contributed by atoms with van der Waals surface area (Å²) in [6.45, 7) is 3.30. The van der Waals surface area contributed by atoms with Crippen LogP contribution < -0.4 is 9.47 Å². The minimum absolute atomic E-state index is 0.431. The highest BCUT2D eigenvalue weighted by molar-refractivity contribution is 5.85. The summed E-state index contributed by atoms with van der Waals surface area (Å²) >= 11 is 0. The molecule has 0 heterocycles. The third-order valence-electron chi connectivity index (χ3n) is 2.23. The number of carboxylic acids is 1. The summed E-state index contributed by atoms with van der Waals surface area (Å²) in [7, 11) is 1.60. The Bertz CT molecular complexity index is 439. The molecule has 5 heteroatoms. The van der Waals surface area contributed by atoms with Crippen LogP contribution in [-0.2, 0) is 9.53 Å². The van der Waals surface area contributed by atoms with Crippen molar-refractivity contribution in [1.82, 2.24) is 0 Å². The van der Waals surface area contributed by atoms with E-state index in [1.807, 2.05) is 6.92 Å². The van der Waals surface area contributed by atoms with Gasteiger partial charge >= 0.3 is 5.97 Å². The second kappa shape index (κ2) is 8.16. The van der Waals surface area contributed by atoms with Crippen molar-refractivity contribution in [3.05, 3.63) is 29.8 Å². The van der Waals surface area contributed by atoms with Gasteiger partial charge in [-0.3, -0.25) is 0 Å². The van der Waals surface area contributed by atoms with E-state index in [1.54, 1.807) is 25.3 Å². The molecule has 19 heavy (non-hydrogen) atoms. The van der Waals surface area contributed by atoms with Crippen LogP contribution in [0.2, 0.25) is 0 Å². The fraction of sp³-hybridized carbons (Fsp3) is 0.357. The van der Waals surface area contributed by atoms with E-state index in [9.17, 15) is 4.79 Å². The number of hydrogen-bond acceptors (Lipinski definition) is 4. The first-order valence-electron chi connectivity index (χ1n) is 5.97. The van der Waals surface area contributed by atoms with Crippen LogP contribution in [0.5, 0.6) is 11.5 Å². The van der Waals surface area contributed by atoms with Crippen molar-refractivity contribution in [2.75, 3.05) is 26.9 Å². The Morgan fingerprint density at radius 3 is 2.68 bits per heavy atom. The van der Waals surface area contributed by atoms with Crippen LogP contribution in [0, 0.1) is 0 Å². The maximum atomic E-state index is 10.5. The molecule has 0 radical (unpaired) electrons. The van der Waals surface area contributed by atoms with Crippen LogP contribution in [0.3, 0.4) is 0 Å². The molecule has 5 nitrogen and oxygen atoms in total. The van der Waals surface area contributed by atoms with Gasteiger partial charge in [-0.15, -0.1) is 0 Å². The van der Waals surface area contributed by atoms with Crippen molar-refractivity contribution in [2.24, 2.45) is 0 Å². The molecule has 104 valence electrons. The second-order valence-electron chi connectivity index (χ2n) is 3.65. The van der Waals surface area contributed by atoms with E-state index in [-0.39, 0.29) is 0 Å². The number of benzene rings is 1. The molecule has 0 aromatic heterocycles. The van der Waals surface area contributed by atoms with E-state index in [0.717, 1.165) is 11.6 Å². The van der Waals surface area contributed by atoms with E-state index >= 15 is 0 Å². The molecule has 0 bridgehead atoms. The van der Waals surface area contributed by atoms with E-state index in [1.165, 1.54) is 6.08 Å².